The average Bonchev–Trinajstić information content (AvgIpc) is 3.00. The molecule has 1 N–H and O–H groups in total. The topological polar surface area (TPSA) is 34.2 Å². The maximum atomic E-state index is 5.56. The lowest BCUT2D eigenvalue weighted by Crippen LogP contribution is -2.19. The summed E-state index contributed by atoms with van der Waals surface area (Å²) in [7, 11) is 0. The van der Waals surface area contributed by atoms with Crippen LogP contribution in [-0.4, -0.2) is 11.6 Å². The second kappa shape index (κ2) is 6.27. The summed E-state index contributed by atoms with van der Waals surface area (Å²) < 4.78 is 5.56. The Bertz CT molecular complexity index is 624. The van der Waals surface area contributed by atoms with Gasteiger partial charge in [0.2, 0.25) is 0 Å². The standard InChI is InChI=1S/C18H22N2O/c1-3-14-5-4-9-19-17(14)12-20-13(2)15-6-7-18-16(11-15)8-10-21-18/h4-7,9,11,13,20H,3,8,10,12H2,1-2H3. The number of ether oxygens (including phenoxy) is 1. The summed E-state index contributed by atoms with van der Waals surface area (Å²) in [5, 5.41) is 3.58. The van der Waals surface area contributed by atoms with Gasteiger partial charge in [0.1, 0.15) is 5.75 Å². The molecule has 1 unspecified atom stereocenters. The Morgan fingerprint density at radius 1 is 1.33 bits per heavy atom. The molecule has 1 atom stereocenters. The van der Waals surface area contributed by atoms with Crippen molar-refractivity contribution in [1.82, 2.24) is 10.3 Å². The zero-order valence-corrected chi connectivity index (χ0v) is 12.7. The number of fused-ring (bicyclic) bond motifs is 1. The molecular weight excluding hydrogens is 260 g/mol. The molecule has 0 radical (unpaired) electrons. The molecule has 0 fully saturated rings. The van der Waals surface area contributed by atoms with Crippen molar-refractivity contribution in [3.8, 4) is 5.75 Å². The number of nitrogens with zero attached hydrogens (tertiary/aromatic N) is 1. The summed E-state index contributed by atoms with van der Waals surface area (Å²) in [5.41, 5.74) is 5.11. The van der Waals surface area contributed by atoms with Gasteiger partial charge in [0.25, 0.3) is 0 Å². The van der Waals surface area contributed by atoms with E-state index in [1.807, 2.05) is 12.3 Å². The monoisotopic (exact) mass is 282 g/mol. The normalized spacial score (nSPS) is 14.6. The Morgan fingerprint density at radius 2 is 2.24 bits per heavy atom. The Hall–Kier alpha value is -1.87. The Kier molecular flexibility index (Phi) is 4.20. The maximum Gasteiger partial charge on any atom is 0.122 e. The smallest absolute Gasteiger partial charge is 0.122 e. The summed E-state index contributed by atoms with van der Waals surface area (Å²) in [5.74, 6) is 1.05. The zero-order chi connectivity index (χ0) is 14.7. The molecule has 0 amide bonds. The Balaban J connectivity index is 1.67. The molecule has 0 saturated heterocycles. The predicted octanol–water partition coefficient (Wildman–Crippen LogP) is 3.43. The lowest BCUT2D eigenvalue weighted by atomic mass is 10.0. The van der Waals surface area contributed by atoms with Crippen molar-refractivity contribution in [2.24, 2.45) is 0 Å². The van der Waals surface area contributed by atoms with Crippen LogP contribution in [0.2, 0.25) is 0 Å². The van der Waals surface area contributed by atoms with E-state index in [2.05, 4.69) is 48.4 Å². The molecule has 1 aliphatic heterocycles. The van der Waals surface area contributed by atoms with Crippen LogP contribution in [0.3, 0.4) is 0 Å². The lowest BCUT2D eigenvalue weighted by molar-refractivity contribution is 0.356. The van der Waals surface area contributed by atoms with Gasteiger partial charge in [-0.1, -0.05) is 25.1 Å². The number of aryl methyl sites for hydroxylation is 1. The fourth-order valence-corrected chi connectivity index (χ4v) is 2.80. The van der Waals surface area contributed by atoms with Crippen LogP contribution in [0.4, 0.5) is 0 Å². The molecule has 0 bridgehead atoms. The van der Waals surface area contributed by atoms with Crippen LogP contribution in [0.15, 0.2) is 36.5 Å². The van der Waals surface area contributed by atoms with Crippen LogP contribution in [0, 0.1) is 0 Å². The number of nitrogens with one attached hydrogen (secondary N) is 1. The van der Waals surface area contributed by atoms with Gasteiger partial charge in [0.15, 0.2) is 0 Å². The van der Waals surface area contributed by atoms with Crippen molar-refractivity contribution in [3.05, 3.63) is 58.9 Å². The molecule has 3 nitrogen and oxygen atoms in total. The number of benzene rings is 1. The first kappa shape index (κ1) is 14.1. The first-order chi connectivity index (χ1) is 10.3. The van der Waals surface area contributed by atoms with Crippen LogP contribution < -0.4 is 10.1 Å². The molecule has 1 aromatic carbocycles. The molecule has 2 aromatic rings. The van der Waals surface area contributed by atoms with Crippen LogP contribution in [0.25, 0.3) is 0 Å². The van der Waals surface area contributed by atoms with E-state index in [0.29, 0.717) is 6.04 Å². The Morgan fingerprint density at radius 3 is 3.10 bits per heavy atom. The van der Waals surface area contributed by atoms with Crippen LogP contribution in [0.1, 0.15) is 42.3 Å². The van der Waals surface area contributed by atoms with Gasteiger partial charge in [0, 0.05) is 25.2 Å². The van der Waals surface area contributed by atoms with Gasteiger partial charge >= 0.3 is 0 Å². The second-order valence-electron chi connectivity index (χ2n) is 5.53. The molecule has 1 aliphatic rings. The van der Waals surface area contributed by atoms with Crippen LogP contribution >= 0.6 is 0 Å². The summed E-state index contributed by atoms with van der Waals surface area (Å²) in [6.07, 6.45) is 3.92. The molecular formula is C18H22N2O. The van der Waals surface area contributed by atoms with E-state index in [0.717, 1.165) is 37.4 Å². The first-order valence-corrected chi connectivity index (χ1v) is 7.69. The molecule has 3 heteroatoms. The highest BCUT2D eigenvalue weighted by atomic mass is 16.5. The van der Waals surface area contributed by atoms with E-state index in [9.17, 15) is 0 Å². The second-order valence-corrected chi connectivity index (χ2v) is 5.53. The van der Waals surface area contributed by atoms with Gasteiger partial charge < -0.3 is 10.1 Å². The van der Waals surface area contributed by atoms with Crippen molar-refractivity contribution in [3.63, 3.8) is 0 Å². The van der Waals surface area contributed by atoms with Crippen molar-refractivity contribution in [1.29, 1.82) is 0 Å². The molecule has 0 saturated carbocycles. The highest BCUT2D eigenvalue weighted by Crippen LogP contribution is 2.28. The van der Waals surface area contributed by atoms with E-state index >= 15 is 0 Å². The maximum absolute atomic E-state index is 5.56. The van der Waals surface area contributed by atoms with E-state index in [1.54, 1.807) is 0 Å². The van der Waals surface area contributed by atoms with Gasteiger partial charge in [-0.05, 0) is 42.2 Å². The van der Waals surface area contributed by atoms with Gasteiger partial charge in [0.05, 0.1) is 12.3 Å². The number of hydrogen-bond donors (Lipinski definition) is 1. The minimum Gasteiger partial charge on any atom is -0.493 e. The van der Waals surface area contributed by atoms with Crippen molar-refractivity contribution in [2.75, 3.05) is 6.61 Å². The highest BCUT2D eigenvalue weighted by Gasteiger charge is 2.14. The first-order valence-electron chi connectivity index (χ1n) is 7.69. The summed E-state index contributed by atoms with van der Waals surface area (Å²) in [6, 6.07) is 11.0. The fourth-order valence-electron chi connectivity index (χ4n) is 2.80. The zero-order valence-electron chi connectivity index (χ0n) is 12.7. The van der Waals surface area contributed by atoms with E-state index < -0.39 is 0 Å². The molecule has 110 valence electrons. The van der Waals surface area contributed by atoms with Gasteiger partial charge in [-0.25, -0.2) is 0 Å². The van der Waals surface area contributed by atoms with E-state index in [4.69, 9.17) is 4.74 Å². The largest absolute Gasteiger partial charge is 0.493 e. The molecule has 21 heavy (non-hydrogen) atoms. The minimum atomic E-state index is 0.308. The summed E-state index contributed by atoms with van der Waals surface area (Å²) in [6.45, 7) is 5.99. The van der Waals surface area contributed by atoms with Crippen LogP contribution in [-0.2, 0) is 19.4 Å². The number of pyridine rings is 1. The lowest BCUT2D eigenvalue weighted by Gasteiger charge is -2.16. The van der Waals surface area contributed by atoms with Crippen LogP contribution in [0.5, 0.6) is 5.75 Å². The van der Waals surface area contributed by atoms with E-state index in [-0.39, 0.29) is 0 Å². The van der Waals surface area contributed by atoms with Gasteiger partial charge in [-0.2, -0.15) is 0 Å². The summed E-state index contributed by atoms with van der Waals surface area (Å²) >= 11 is 0. The van der Waals surface area contributed by atoms with Crippen molar-refractivity contribution in [2.45, 2.75) is 39.3 Å². The molecule has 1 aromatic heterocycles. The SMILES string of the molecule is CCc1cccnc1CNC(C)c1ccc2c(c1)CCO2. The third kappa shape index (κ3) is 3.08. The fraction of sp³-hybridized carbons (Fsp3) is 0.389. The number of hydrogen-bond acceptors (Lipinski definition) is 3. The molecule has 3 rings (SSSR count). The quantitative estimate of drug-likeness (QED) is 0.912. The third-order valence-electron chi connectivity index (χ3n) is 4.15. The predicted molar refractivity (Wildman–Crippen MR) is 84.5 cm³/mol. The molecule has 2 heterocycles. The van der Waals surface area contributed by atoms with Gasteiger partial charge in [-0.15, -0.1) is 0 Å². The van der Waals surface area contributed by atoms with Gasteiger partial charge in [-0.3, -0.25) is 4.98 Å². The summed E-state index contributed by atoms with van der Waals surface area (Å²) in [4.78, 5) is 4.49. The average molecular weight is 282 g/mol. The van der Waals surface area contributed by atoms with Crippen molar-refractivity contribution >= 4 is 0 Å². The highest BCUT2D eigenvalue weighted by molar-refractivity contribution is 5.40. The third-order valence-corrected chi connectivity index (χ3v) is 4.15. The number of rotatable bonds is 5. The van der Waals surface area contributed by atoms with E-state index in [1.165, 1.54) is 16.7 Å². The minimum absolute atomic E-state index is 0.308. The molecule has 0 spiro atoms. The Labute approximate surface area is 126 Å². The number of aromatic nitrogens is 1. The van der Waals surface area contributed by atoms with Crippen molar-refractivity contribution < 1.29 is 4.74 Å². The molecule has 0 aliphatic carbocycles.